The molecule has 96 valence electrons. The van der Waals surface area contributed by atoms with E-state index in [1.807, 2.05) is 12.1 Å². The maximum atomic E-state index is 4.30. The molecule has 0 bridgehead atoms. The Morgan fingerprint density at radius 3 is 3.28 bits per heavy atom. The second kappa shape index (κ2) is 4.49. The van der Waals surface area contributed by atoms with Crippen molar-refractivity contribution in [2.45, 2.75) is 19.8 Å². The molecular formula is C11H17N7. The number of rotatable bonds is 3. The van der Waals surface area contributed by atoms with E-state index in [1.165, 1.54) is 17.5 Å². The van der Waals surface area contributed by atoms with Crippen LogP contribution < -0.4 is 10.6 Å². The number of nitrogens with zero attached hydrogens (tertiary/aromatic N) is 5. The van der Waals surface area contributed by atoms with Gasteiger partial charge in [-0.15, -0.1) is 14.8 Å². The van der Waals surface area contributed by atoms with E-state index < -0.39 is 0 Å². The van der Waals surface area contributed by atoms with Gasteiger partial charge in [-0.3, -0.25) is 0 Å². The van der Waals surface area contributed by atoms with E-state index >= 15 is 0 Å². The van der Waals surface area contributed by atoms with E-state index in [0.717, 1.165) is 25.5 Å². The highest BCUT2D eigenvalue weighted by molar-refractivity contribution is 5.42. The van der Waals surface area contributed by atoms with Crippen molar-refractivity contribution in [1.29, 1.82) is 0 Å². The normalized spacial score (nSPS) is 24.3. The molecule has 18 heavy (non-hydrogen) atoms. The van der Waals surface area contributed by atoms with E-state index in [0.29, 0.717) is 5.65 Å². The van der Waals surface area contributed by atoms with Crippen LogP contribution >= 0.6 is 0 Å². The molecule has 2 N–H and O–H groups in total. The number of nitrogens with one attached hydrogen (secondary N) is 2. The number of tetrazole rings is 1. The van der Waals surface area contributed by atoms with Gasteiger partial charge in [-0.05, 0) is 47.4 Å². The molecule has 0 amide bonds. The summed E-state index contributed by atoms with van der Waals surface area (Å²) in [6.45, 7) is 5.37. The zero-order chi connectivity index (χ0) is 12.4. The van der Waals surface area contributed by atoms with E-state index in [1.54, 1.807) is 0 Å². The third kappa shape index (κ3) is 2.26. The minimum Gasteiger partial charge on any atom is -0.368 e. The van der Waals surface area contributed by atoms with Gasteiger partial charge >= 0.3 is 0 Å². The molecule has 1 unspecified atom stereocenters. The van der Waals surface area contributed by atoms with Gasteiger partial charge in [0.15, 0.2) is 5.65 Å². The van der Waals surface area contributed by atoms with Crippen molar-refractivity contribution < 1.29 is 0 Å². The summed E-state index contributed by atoms with van der Waals surface area (Å²) in [6, 6.07) is 3.77. The van der Waals surface area contributed by atoms with Gasteiger partial charge < -0.3 is 10.6 Å². The summed E-state index contributed by atoms with van der Waals surface area (Å²) in [4.78, 5) is 0. The van der Waals surface area contributed by atoms with Crippen LogP contribution in [-0.2, 0) is 0 Å². The van der Waals surface area contributed by atoms with Crippen LogP contribution in [0.2, 0.25) is 0 Å². The average Bonchev–Trinajstić information content (AvgIpc) is 2.85. The molecule has 0 radical (unpaired) electrons. The molecule has 3 heterocycles. The fraction of sp³-hybridized carbons (Fsp3) is 0.636. The summed E-state index contributed by atoms with van der Waals surface area (Å²) in [6.07, 6.45) is 2.47. The molecule has 1 atom stereocenters. The quantitative estimate of drug-likeness (QED) is 0.813. The first-order valence-electron chi connectivity index (χ1n) is 6.25. The Balaban J connectivity index is 1.68. The molecule has 0 spiro atoms. The minimum absolute atomic E-state index is 0.287. The Morgan fingerprint density at radius 2 is 2.44 bits per heavy atom. The second-order valence-corrected chi connectivity index (χ2v) is 5.19. The maximum Gasteiger partial charge on any atom is 0.200 e. The first-order chi connectivity index (χ1) is 8.75. The lowest BCUT2D eigenvalue weighted by Crippen LogP contribution is -2.42. The van der Waals surface area contributed by atoms with Gasteiger partial charge in [0.25, 0.3) is 0 Å². The zero-order valence-corrected chi connectivity index (χ0v) is 10.4. The van der Waals surface area contributed by atoms with Crippen molar-refractivity contribution in [2.75, 3.05) is 25.0 Å². The third-order valence-corrected chi connectivity index (χ3v) is 3.45. The van der Waals surface area contributed by atoms with Crippen molar-refractivity contribution in [3.05, 3.63) is 12.1 Å². The van der Waals surface area contributed by atoms with E-state index in [4.69, 9.17) is 0 Å². The molecular weight excluding hydrogens is 230 g/mol. The van der Waals surface area contributed by atoms with Crippen LogP contribution in [0.1, 0.15) is 19.8 Å². The van der Waals surface area contributed by atoms with Crippen molar-refractivity contribution in [1.82, 2.24) is 30.6 Å². The Bertz CT molecular complexity index is 529. The first kappa shape index (κ1) is 11.3. The lowest BCUT2D eigenvalue weighted by atomic mass is 9.83. The van der Waals surface area contributed by atoms with Crippen LogP contribution in [0.4, 0.5) is 5.82 Å². The lowest BCUT2D eigenvalue weighted by molar-refractivity contribution is 0.253. The fourth-order valence-corrected chi connectivity index (χ4v) is 2.32. The van der Waals surface area contributed by atoms with Crippen LogP contribution in [0.3, 0.4) is 0 Å². The highest BCUT2D eigenvalue weighted by atomic mass is 15.6. The monoisotopic (exact) mass is 247 g/mol. The molecule has 7 nitrogen and oxygen atoms in total. The molecule has 1 fully saturated rings. The van der Waals surface area contributed by atoms with Gasteiger partial charge in [0.05, 0.1) is 0 Å². The Hall–Kier alpha value is -1.76. The molecule has 1 aliphatic heterocycles. The van der Waals surface area contributed by atoms with Gasteiger partial charge in [0.2, 0.25) is 0 Å². The van der Waals surface area contributed by atoms with E-state index in [2.05, 4.69) is 38.2 Å². The molecule has 0 aliphatic carbocycles. The number of fused-ring (bicyclic) bond motifs is 1. The highest BCUT2D eigenvalue weighted by Crippen LogP contribution is 2.25. The summed E-state index contributed by atoms with van der Waals surface area (Å²) >= 11 is 0. The largest absolute Gasteiger partial charge is 0.368 e. The Kier molecular flexibility index (Phi) is 2.83. The number of anilines is 1. The maximum absolute atomic E-state index is 4.30. The molecule has 3 rings (SSSR count). The van der Waals surface area contributed by atoms with Gasteiger partial charge in [-0.2, -0.15) is 0 Å². The number of hydrogen-bond acceptors (Lipinski definition) is 6. The predicted molar refractivity (Wildman–Crippen MR) is 67.3 cm³/mol. The van der Waals surface area contributed by atoms with Crippen LogP contribution in [0.5, 0.6) is 0 Å². The van der Waals surface area contributed by atoms with Gasteiger partial charge in [-0.1, -0.05) is 6.92 Å². The minimum atomic E-state index is 0.287. The first-order valence-corrected chi connectivity index (χ1v) is 6.25. The van der Waals surface area contributed by atoms with Gasteiger partial charge in [-0.25, -0.2) is 0 Å². The molecule has 2 aromatic rings. The standard InChI is InChI=1S/C11H17N7/c1-11(5-2-6-12-7-11)8-13-9-3-4-10-14-16-17-18(10)15-9/h3-4,12H,2,5-8H2,1H3,(H,13,15). The lowest BCUT2D eigenvalue weighted by Gasteiger charge is -2.34. The number of aromatic nitrogens is 5. The van der Waals surface area contributed by atoms with Crippen molar-refractivity contribution in [2.24, 2.45) is 5.41 Å². The van der Waals surface area contributed by atoms with Crippen molar-refractivity contribution in [3.8, 4) is 0 Å². The summed E-state index contributed by atoms with van der Waals surface area (Å²) in [7, 11) is 0. The van der Waals surface area contributed by atoms with E-state index in [9.17, 15) is 0 Å². The average molecular weight is 247 g/mol. The third-order valence-electron chi connectivity index (χ3n) is 3.45. The van der Waals surface area contributed by atoms with Crippen LogP contribution in [0, 0.1) is 5.41 Å². The van der Waals surface area contributed by atoms with Crippen LogP contribution in [0.25, 0.3) is 5.65 Å². The topological polar surface area (TPSA) is 80.0 Å². The van der Waals surface area contributed by atoms with Gasteiger partial charge in [0, 0.05) is 13.1 Å². The molecule has 7 heteroatoms. The van der Waals surface area contributed by atoms with E-state index in [-0.39, 0.29) is 5.41 Å². The molecule has 1 saturated heterocycles. The fourth-order valence-electron chi connectivity index (χ4n) is 2.32. The Labute approximate surface area is 105 Å². The van der Waals surface area contributed by atoms with Crippen LogP contribution in [0.15, 0.2) is 12.1 Å². The van der Waals surface area contributed by atoms with Crippen molar-refractivity contribution in [3.63, 3.8) is 0 Å². The molecule has 0 saturated carbocycles. The summed E-state index contributed by atoms with van der Waals surface area (Å²) in [5.41, 5.74) is 0.946. The number of hydrogen-bond donors (Lipinski definition) is 2. The molecule has 2 aromatic heterocycles. The molecule has 1 aliphatic rings. The zero-order valence-electron chi connectivity index (χ0n) is 10.4. The Morgan fingerprint density at radius 1 is 1.50 bits per heavy atom. The summed E-state index contributed by atoms with van der Waals surface area (Å²) in [5.74, 6) is 0.807. The summed E-state index contributed by atoms with van der Waals surface area (Å²) < 4.78 is 1.43. The molecule has 0 aromatic carbocycles. The van der Waals surface area contributed by atoms with Gasteiger partial charge in [0.1, 0.15) is 5.82 Å². The predicted octanol–water partition coefficient (Wildman–Crippen LogP) is 0.321. The smallest absolute Gasteiger partial charge is 0.200 e. The van der Waals surface area contributed by atoms with Crippen molar-refractivity contribution >= 4 is 11.5 Å². The second-order valence-electron chi connectivity index (χ2n) is 5.19. The number of piperidine rings is 1. The summed E-state index contributed by atoms with van der Waals surface area (Å²) in [5, 5.41) is 22.3. The highest BCUT2D eigenvalue weighted by Gasteiger charge is 2.26. The SMILES string of the molecule is CC1(CNc2ccc3nnnn3n2)CCCNC1. The van der Waals surface area contributed by atoms with Crippen LogP contribution in [-0.4, -0.2) is 44.9 Å².